The second-order valence-electron chi connectivity index (χ2n) is 5.65. The molecule has 27 heavy (non-hydrogen) atoms. The number of fused-ring (bicyclic) bond motifs is 1. The van der Waals surface area contributed by atoms with Gasteiger partial charge in [0.15, 0.2) is 5.75 Å². The first-order valence-corrected chi connectivity index (χ1v) is 10.3. The molecule has 140 valence electrons. The zero-order valence-corrected chi connectivity index (χ0v) is 18.6. The summed E-state index contributed by atoms with van der Waals surface area (Å²) in [6, 6.07) is 9.00. The van der Waals surface area contributed by atoms with Gasteiger partial charge in [-0.3, -0.25) is 4.79 Å². The molecular formula is C19H16Br2ClN3O2. The fourth-order valence-corrected chi connectivity index (χ4v) is 3.95. The molecule has 0 bridgehead atoms. The van der Waals surface area contributed by atoms with Crippen LogP contribution in [0.4, 0.5) is 0 Å². The van der Waals surface area contributed by atoms with Crippen LogP contribution in [-0.2, 0) is 6.42 Å². The highest BCUT2D eigenvalue weighted by atomic mass is 79.9. The molecule has 0 amide bonds. The number of ether oxygens (including phenoxy) is 1. The number of benzene rings is 2. The zero-order valence-electron chi connectivity index (χ0n) is 14.7. The second-order valence-corrected chi connectivity index (χ2v) is 7.83. The summed E-state index contributed by atoms with van der Waals surface area (Å²) in [4.78, 5) is 17.4. The normalized spacial score (nSPS) is 11.4. The lowest BCUT2D eigenvalue weighted by Gasteiger charge is -2.10. The third-order valence-corrected chi connectivity index (χ3v) is 5.19. The Balaban J connectivity index is 2.08. The maximum atomic E-state index is 12.9. The van der Waals surface area contributed by atoms with Crippen molar-refractivity contribution in [3.05, 3.63) is 66.0 Å². The number of hydrogen-bond donors (Lipinski definition) is 0. The molecular weight excluding hydrogens is 497 g/mol. The molecule has 0 atom stereocenters. The average Bonchev–Trinajstić information content (AvgIpc) is 2.64. The summed E-state index contributed by atoms with van der Waals surface area (Å²) in [5.74, 6) is 1.17. The van der Waals surface area contributed by atoms with Crippen LogP contribution in [0, 0.1) is 0 Å². The second kappa shape index (κ2) is 8.54. The van der Waals surface area contributed by atoms with Crippen LogP contribution in [0.1, 0.15) is 25.2 Å². The minimum absolute atomic E-state index is 0.217. The summed E-state index contributed by atoms with van der Waals surface area (Å²) in [7, 11) is 0. The lowest BCUT2D eigenvalue weighted by atomic mass is 10.2. The molecule has 0 saturated carbocycles. The molecule has 1 heterocycles. The van der Waals surface area contributed by atoms with Crippen LogP contribution < -0.4 is 10.3 Å². The smallest absolute Gasteiger partial charge is 0.282 e. The first-order valence-electron chi connectivity index (χ1n) is 8.32. The molecule has 2 aromatic carbocycles. The lowest BCUT2D eigenvalue weighted by molar-refractivity contribution is 0.338. The summed E-state index contributed by atoms with van der Waals surface area (Å²) in [6.07, 6.45) is 2.16. The molecule has 0 N–H and O–H groups in total. The van der Waals surface area contributed by atoms with E-state index in [2.05, 4.69) is 41.9 Å². The standard InChI is InChI=1S/C19H16Br2ClN3O2/c1-3-17-24-16-6-5-12(20)9-13(16)19(26)25(17)23-10-11-7-14(21)18(27-4-2)15(22)8-11/h5-10H,3-4H2,1-2H3. The fraction of sp³-hybridized carbons (Fsp3) is 0.211. The van der Waals surface area contributed by atoms with Crippen molar-refractivity contribution in [2.45, 2.75) is 20.3 Å². The quantitative estimate of drug-likeness (QED) is 0.428. The van der Waals surface area contributed by atoms with E-state index in [0.717, 1.165) is 14.5 Å². The van der Waals surface area contributed by atoms with Crippen LogP contribution in [0.25, 0.3) is 10.9 Å². The number of rotatable bonds is 5. The molecule has 0 aliphatic rings. The Morgan fingerprint density at radius 2 is 2.04 bits per heavy atom. The fourth-order valence-electron chi connectivity index (χ4n) is 2.60. The van der Waals surface area contributed by atoms with Crippen molar-refractivity contribution >= 4 is 60.6 Å². The van der Waals surface area contributed by atoms with E-state index in [0.29, 0.717) is 40.5 Å². The minimum atomic E-state index is -0.217. The third kappa shape index (κ3) is 4.25. The predicted octanol–water partition coefficient (Wildman–Crippen LogP) is 5.42. The minimum Gasteiger partial charge on any atom is -0.491 e. The van der Waals surface area contributed by atoms with Crippen LogP contribution >= 0.6 is 43.5 Å². The highest BCUT2D eigenvalue weighted by Crippen LogP contribution is 2.34. The van der Waals surface area contributed by atoms with E-state index < -0.39 is 0 Å². The van der Waals surface area contributed by atoms with Crippen molar-refractivity contribution in [1.29, 1.82) is 0 Å². The summed E-state index contributed by atoms with van der Waals surface area (Å²) < 4.78 is 8.37. The van der Waals surface area contributed by atoms with Crippen molar-refractivity contribution in [3.63, 3.8) is 0 Å². The van der Waals surface area contributed by atoms with E-state index in [4.69, 9.17) is 16.3 Å². The molecule has 8 heteroatoms. The molecule has 3 aromatic rings. The van der Waals surface area contributed by atoms with Gasteiger partial charge >= 0.3 is 0 Å². The molecule has 0 fully saturated rings. The van der Waals surface area contributed by atoms with Crippen LogP contribution in [-0.4, -0.2) is 22.5 Å². The summed E-state index contributed by atoms with van der Waals surface area (Å²) in [5, 5.41) is 5.34. The monoisotopic (exact) mass is 511 g/mol. The molecule has 0 aliphatic heterocycles. The van der Waals surface area contributed by atoms with Gasteiger partial charge in [-0.15, -0.1) is 0 Å². The van der Waals surface area contributed by atoms with Gasteiger partial charge in [-0.25, -0.2) is 4.98 Å². The van der Waals surface area contributed by atoms with Gasteiger partial charge in [0.1, 0.15) is 5.82 Å². The van der Waals surface area contributed by atoms with Crippen molar-refractivity contribution in [2.75, 3.05) is 6.61 Å². The molecule has 0 saturated heterocycles. The first-order chi connectivity index (χ1) is 12.9. The summed E-state index contributed by atoms with van der Waals surface area (Å²) in [5.41, 5.74) is 1.17. The van der Waals surface area contributed by atoms with Crippen LogP contribution in [0.15, 0.2) is 49.2 Å². The SMILES string of the molecule is CCOc1c(Cl)cc(C=Nn2c(CC)nc3ccc(Br)cc3c2=O)cc1Br. The Kier molecular flexibility index (Phi) is 6.34. The Hall–Kier alpha value is -1.70. The number of halogens is 3. The maximum absolute atomic E-state index is 12.9. The van der Waals surface area contributed by atoms with Gasteiger partial charge in [-0.05, 0) is 58.7 Å². The van der Waals surface area contributed by atoms with Crippen LogP contribution in [0.2, 0.25) is 5.02 Å². The molecule has 0 unspecified atom stereocenters. The Morgan fingerprint density at radius 1 is 1.26 bits per heavy atom. The van der Waals surface area contributed by atoms with Gasteiger partial charge in [0.05, 0.1) is 33.2 Å². The van der Waals surface area contributed by atoms with Crippen molar-refractivity contribution in [1.82, 2.24) is 9.66 Å². The first kappa shape index (κ1) is 20.0. The number of aryl methyl sites for hydroxylation is 1. The van der Waals surface area contributed by atoms with E-state index in [1.165, 1.54) is 4.68 Å². The van der Waals surface area contributed by atoms with Gasteiger partial charge in [0.25, 0.3) is 5.56 Å². The number of aromatic nitrogens is 2. The van der Waals surface area contributed by atoms with Gasteiger partial charge in [0, 0.05) is 10.9 Å². The molecule has 0 spiro atoms. The van der Waals surface area contributed by atoms with Gasteiger partial charge in [-0.1, -0.05) is 34.5 Å². The Morgan fingerprint density at radius 3 is 2.70 bits per heavy atom. The topological polar surface area (TPSA) is 56.5 Å². The Bertz CT molecular complexity index is 1070. The van der Waals surface area contributed by atoms with Crippen molar-refractivity contribution in [3.8, 4) is 5.75 Å². The highest BCUT2D eigenvalue weighted by molar-refractivity contribution is 9.10. The van der Waals surface area contributed by atoms with Gasteiger partial charge in [0.2, 0.25) is 0 Å². The average molecular weight is 514 g/mol. The molecule has 0 aliphatic carbocycles. The zero-order chi connectivity index (χ0) is 19.6. The van der Waals surface area contributed by atoms with Crippen molar-refractivity contribution < 1.29 is 4.74 Å². The van der Waals surface area contributed by atoms with Crippen LogP contribution in [0.3, 0.4) is 0 Å². The number of nitrogens with zero attached hydrogens (tertiary/aromatic N) is 3. The number of hydrogen-bond acceptors (Lipinski definition) is 4. The van der Waals surface area contributed by atoms with E-state index in [9.17, 15) is 4.79 Å². The highest BCUT2D eigenvalue weighted by Gasteiger charge is 2.11. The summed E-state index contributed by atoms with van der Waals surface area (Å²) in [6.45, 7) is 4.34. The molecule has 5 nitrogen and oxygen atoms in total. The van der Waals surface area contributed by atoms with Gasteiger partial charge < -0.3 is 4.74 Å². The van der Waals surface area contributed by atoms with E-state index in [1.807, 2.05) is 32.0 Å². The van der Waals surface area contributed by atoms with E-state index in [1.54, 1.807) is 18.3 Å². The van der Waals surface area contributed by atoms with Gasteiger partial charge in [-0.2, -0.15) is 9.78 Å². The molecule has 1 aromatic heterocycles. The van der Waals surface area contributed by atoms with Crippen LogP contribution in [0.5, 0.6) is 5.75 Å². The van der Waals surface area contributed by atoms with Crippen molar-refractivity contribution in [2.24, 2.45) is 5.10 Å². The largest absolute Gasteiger partial charge is 0.491 e. The third-order valence-electron chi connectivity index (χ3n) is 3.82. The lowest BCUT2D eigenvalue weighted by Crippen LogP contribution is -2.22. The summed E-state index contributed by atoms with van der Waals surface area (Å²) >= 11 is 13.1. The Labute approximate surface area is 178 Å². The predicted molar refractivity (Wildman–Crippen MR) is 116 cm³/mol. The molecule has 0 radical (unpaired) electrons. The molecule has 3 rings (SSSR count). The maximum Gasteiger partial charge on any atom is 0.282 e. The van der Waals surface area contributed by atoms with E-state index in [-0.39, 0.29) is 5.56 Å². The van der Waals surface area contributed by atoms with E-state index >= 15 is 0 Å².